The molecule has 1 aromatic heterocycles. The number of carbonyl (C=O) groups is 1. The summed E-state index contributed by atoms with van der Waals surface area (Å²) in [5.74, 6) is -1.53. The van der Waals surface area contributed by atoms with Crippen LogP contribution in [0.5, 0.6) is 0 Å². The van der Waals surface area contributed by atoms with E-state index in [9.17, 15) is 14.9 Å². The number of nitrogens with two attached hydrogens (primary N) is 1. The number of esters is 1. The molecule has 0 amide bonds. The first-order valence-electron chi connectivity index (χ1n) is 8.46. The molecular formula is C20H19N3O4. The van der Waals surface area contributed by atoms with Crippen molar-refractivity contribution in [2.45, 2.75) is 26.7 Å². The summed E-state index contributed by atoms with van der Waals surface area (Å²) in [7, 11) is 0. The predicted molar refractivity (Wildman–Crippen MR) is 99.3 cm³/mol. The number of rotatable bonds is 3. The highest BCUT2D eigenvalue weighted by Gasteiger charge is 2.37. The van der Waals surface area contributed by atoms with Gasteiger partial charge in [0.25, 0.3) is 5.56 Å². The number of hydrogen-bond donors (Lipinski definition) is 2. The smallest absolute Gasteiger partial charge is 0.338 e. The van der Waals surface area contributed by atoms with Gasteiger partial charge in [0, 0.05) is 11.1 Å². The van der Waals surface area contributed by atoms with Crippen molar-refractivity contribution in [2.24, 2.45) is 5.73 Å². The average Bonchev–Trinajstić information content (AvgIpc) is 2.60. The average molecular weight is 365 g/mol. The highest BCUT2D eigenvalue weighted by molar-refractivity contribution is 5.93. The van der Waals surface area contributed by atoms with E-state index in [2.05, 4.69) is 4.98 Å². The molecule has 1 aliphatic rings. The molecule has 0 saturated carbocycles. The van der Waals surface area contributed by atoms with Gasteiger partial charge in [-0.05, 0) is 43.9 Å². The second-order valence-corrected chi connectivity index (χ2v) is 6.26. The molecule has 1 aliphatic heterocycles. The van der Waals surface area contributed by atoms with Gasteiger partial charge in [0.05, 0.1) is 18.1 Å². The van der Waals surface area contributed by atoms with Crippen LogP contribution in [0.1, 0.15) is 30.9 Å². The predicted octanol–water partition coefficient (Wildman–Crippen LogP) is 2.48. The van der Waals surface area contributed by atoms with Crippen LogP contribution in [0.15, 0.2) is 51.8 Å². The quantitative estimate of drug-likeness (QED) is 0.807. The molecular weight excluding hydrogens is 346 g/mol. The molecule has 0 unspecified atom stereocenters. The number of fused-ring (bicyclic) bond motifs is 1. The van der Waals surface area contributed by atoms with Crippen LogP contribution in [0.2, 0.25) is 0 Å². The molecule has 1 atom stereocenters. The maximum absolute atomic E-state index is 12.8. The zero-order valence-electron chi connectivity index (χ0n) is 15.3. The van der Waals surface area contributed by atoms with Crippen LogP contribution in [-0.4, -0.2) is 17.6 Å². The summed E-state index contributed by atoms with van der Waals surface area (Å²) in [6.45, 7) is 5.30. The summed E-state index contributed by atoms with van der Waals surface area (Å²) in [5.41, 5.74) is 7.46. The zero-order valence-corrected chi connectivity index (χ0v) is 15.3. The Morgan fingerprint density at radius 2 is 2.11 bits per heavy atom. The van der Waals surface area contributed by atoms with Crippen molar-refractivity contribution in [3.63, 3.8) is 0 Å². The van der Waals surface area contributed by atoms with Gasteiger partial charge in [-0.1, -0.05) is 12.1 Å². The number of H-pyrrole nitrogens is 1. The molecule has 7 heteroatoms. The van der Waals surface area contributed by atoms with E-state index >= 15 is 0 Å². The number of ether oxygens (including phenoxy) is 2. The minimum absolute atomic E-state index is 0.000569. The van der Waals surface area contributed by atoms with E-state index in [-0.39, 0.29) is 35.0 Å². The van der Waals surface area contributed by atoms with Gasteiger partial charge in [-0.3, -0.25) is 4.79 Å². The summed E-state index contributed by atoms with van der Waals surface area (Å²) in [4.78, 5) is 28.2. The van der Waals surface area contributed by atoms with Crippen LogP contribution in [0, 0.1) is 18.3 Å². The fraction of sp³-hybridized carbons (Fsp3) is 0.250. The number of pyridine rings is 1. The SMILES string of the molecule is CCOC(=O)C1=C(C)OC(N)=C(C#N)[C@H]1c1cc2ccc(C)cc2[nH]c1=O. The number of allylic oxidation sites excluding steroid dienone is 2. The standard InChI is InChI=1S/C20H19N3O4/c1-4-26-20(25)16-11(3)27-18(22)14(9-21)17(16)13-8-12-6-5-10(2)7-15(12)23-19(13)24/h5-8,17H,4,22H2,1-3H3,(H,23,24)/t17-/m1/s1. The van der Waals surface area contributed by atoms with Crippen LogP contribution < -0.4 is 11.3 Å². The van der Waals surface area contributed by atoms with Gasteiger partial charge < -0.3 is 20.2 Å². The van der Waals surface area contributed by atoms with Crippen LogP contribution in [-0.2, 0) is 14.3 Å². The van der Waals surface area contributed by atoms with Crippen molar-refractivity contribution in [1.29, 1.82) is 5.26 Å². The van der Waals surface area contributed by atoms with Crippen LogP contribution in [0.3, 0.4) is 0 Å². The summed E-state index contributed by atoms with van der Waals surface area (Å²) >= 11 is 0. The summed E-state index contributed by atoms with van der Waals surface area (Å²) < 4.78 is 10.5. The number of hydrogen-bond acceptors (Lipinski definition) is 6. The number of nitrogens with one attached hydrogen (secondary N) is 1. The van der Waals surface area contributed by atoms with Gasteiger partial charge in [-0.2, -0.15) is 5.26 Å². The topological polar surface area (TPSA) is 118 Å². The molecule has 0 spiro atoms. The Morgan fingerprint density at radius 1 is 1.37 bits per heavy atom. The lowest BCUT2D eigenvalue weighted by Crippen LogP contribution is -2.29. The molecule has 2 heterocycles. The lowest BCUT2D eigenvalue weighted by atomic mass is 9.83. The molecule has 7 nitrogen and oxygen atoms in total. The van der Waals surface area contributed by atoms with Crippen LogP contribution >= 0.6 is 0 Å². The molecule has 0 aliphatic carbocycles. The van der Waals surface area contributed by atoms with Gasteiger partial charge >= 0.3 is 5.97 Å². The minimum atomic E-state index is -0.961. The first-order chi connectivity index (χ1) is 12.9. The van der Waals surface area contributed by atoms with E-state index in [1.807, 2.05) is 31.2 Å². The molecule has 0 fully saturated rings. The van der Waals surface area contributed by atoms with E-state index in [1.54, 1.807) is 19.9 Å². The largest absolute Gasteiger partial charge is 0.463 e. The number of carbonyl (C=O) groups excluding carboxylic acids is 1. The molecule has 0 radical (unpaired) electrons. The molecule has 3 N–H and O–H groups in total. The summed E-state index contributed by atoms with van der Waals surface area (Å²) in [6, 6.07) is 9.27. The molecule has 1 aromatic carbocycles. The van der Waals surface area contributed by atoms with Gasteiger partial charge in [0.1, 0.15) is 17.4 Å². The number of aromatic nitrogens is 1. The fourth-order valence-corrected chi connectivity index (χ4v) is 3.21. The third kappa shape index (κ3) is 3.17. The number of benzene rings is 1. The van der Waals surface area contributed by atoms with Crippen molar-refractivity contribution in [3.05, 3.63) is 68.5 Å². The van der Waals surface area contributed by atoms with E-state index < -0.39 is 17.4 Å². The molecule has 3 rings (SSSR count). The molecule has 0 bridgehead atoms. The number of aryl methyl sites for hydroxylation is 1. The van der Waals surface area contributed by atoms with Gasteiger partial charge in [-0.15, -0.1) is 0 Å². The number of nitriles is 1. The first-order valence-corrected chi connectivity index (χ1v) is 8.46. The molecule has 27 heavy (non-hydrogen) atoms. The van der Waals surface area contributed by atoms with Crippen molar-refractivity contribution in [3.8, 4) is 6.07 Å². The van der Waals surface area contributed by atoms with Crippen molar-refractivity contribution in [2.75, 3.05) is 6.61 Å². The lowest BCUT2D eigenvalue weighted by Gasteiger charge is -2.26. The van der Waals surface area contributed by atoms with Crippen LogP contribution in [0.4, 0.5) is 0 Å². The zero-order chi connectivity index (χ0) is 19.7. The number of nitrogens with zero attached hydrogens (tertiary/aromatic N) is 1. The van der Waals surface area contributed by atoms with E-state index in [1.165, 1.54) is 0 Å². The molecule has 2 aromatic rings. The van der Waals surface area contributed by atoms with E-state index in [0.29, 0.717) is 5.52 Å². The highest BCUT2D eigenvalue weighted by atomic mass is 16.5. The van der Waals surface area contributed by atoms with Gasteiger partial charge in [0.15, 0.2) is 0 Å². The van der Waals surface area contributed by atoms with Crippen LogP contribution in [0.25, 0.3) is 10.9 Å². The van der Waals surface area contributed by atoms with Crippen molar-refractivity contribution < 1.29 is 14.3 Å². The monoisotopic (exact) mass is 365 g/mol. The Morgan fingerprint density at radius 3 is 2.78 bits per heavy atom. The third-order valence-corrected chi connectivity index (χ3v) is 4.44. The minimum Gasteiger partial charge on any atom is -0.463 e. The normalized spacial score (nSPS) is 16.9. The number of aromatic amines is 1. The Kier molecular flexibility index (Phi) is 4.74. The summed E-state index contributed by atoms with van der Waals surface area (Å²) in [6.07, 6.45) is 0. The Hall–Kier alpha value is -3.53. The second kappa shape index (κ2) is 7.00. The van der Waals surface area contributed by atoms with E-state index in [0.717, 1.165) is 10.9 Å². The van der Waals surface area contributed by atoms with Crippen molar-refractivity contribution in [1.82, 2.24) is 4.98 Å². The van der Waals surface area contributed by atoms with Crippen molar-refractivity contribution >= 4 is 16.9 Å². The maximum Gasteiger partial charge on any atom is 0.338 e. The highest BCUT2D eigenvalue weighted by Crippen LogP contribution is 2.38. The maximum atomic E-state index is 12.8. The van der Waals surface area contributed by atoms with E-state index in [4.69, 9.17) is 15.2 Å². The molecule has 138 valence electrons. The second-order valence-electron chi connectivity index (χ2n) is 6.26. The first kappa shape index (κ1) is 18.3. The Labute approximate surface area is 155 Å². The third-order valence-electron chi connectivity index (χ3n) is 4.44. The Balaban J connectivity index is 2.28. The lowest BCUT2D eigenvalue weighted by molar-refractivity contribution is -0.139. The molecule has 0 saturated heterocycles. The van der Waals surface area contributed by atoms with Gasteiger partial charge in [0.2, 0.25) is 5.88 Å². The summed E-state index contributed by atoms with van der Waals surface area (Å²) in [5, 5.41) is 10.4. The Bertz CT molecular complexity index is 1100. The fourth-order valence-electron chi connectivity index (χ4n) is 3.21. The van der Waals surface area contributed by atoms with Gasteiger partial charge in [-0.25, -0.2) is 4.79 Å².